The summed E-state index contributed by atoms with van der Waals surface area (Å²) in [7, 11) is 0. The van der Waals surface area contributed by atoms with Crippen LogP contribution in [0.2, 0.25) is 17.5 Å². The standard InChI is InChI=1S/C75H123BN2O/c1-75(2,3)58-42-55-32-30-53-40-57(41-54-31-33-56(43-58)72(55)71(53)54)52-34-36-67-63(44-52)76-64-45-51(48-18-7-4-8-19-48)35-37-69(64)79-70-39-47(46-77-65-28-15-13-24-61(65)62-25-14-16-29-66(62)77)38-68(73(70)76)78(67)74-59(49-20-9-5-10-21-49)26-17-27-60(74)50-22-11-6-12-23-50/h47-74H,4-46H2,1-3H3/t47?,51?,52-,53?,54?,55+,56?,57?,58?,59-,60+,61-,62?,63?,64+,65?,66+,67+,68?,69?,70?,71?,72?,73-,74?/m0/s1. The third-order valence-electron chi connectivity index (χ3n) is 31.6. The van der Waals surface area contributed by atoms with Gasteiger partial charge in [0, 0.05) is 36.8 Å². The number of likely N-dealkylation sites (tertiary alicyclic amines) is 1. The van der Waals surface area contributed by atoms with Gasteiger partial charge in [0.05, 0.1) is 12.2 Å². The molecule has 0 bridgehead atoms. The zero-order chi connectivity index (χ0) is 52.5. The van der Waals surface area contributed by atoms with Crippen LogP contribution in [-0.4, -0.2) is 65.5 Å². The van der Waals surface area contributed by atoms with E-state index < -0.39 is 0 Å². The first kappa shape index (κ1) is 54.3. The Morgan fingerprint density at radius 3 is 1.44 bits per heavy atom. The van der Waals surface area contributed by atoms with Gasteiger partial charge in [-0.05, 0) is 258 Å². The van der Waals surface area contributed by atoms with Crippen molar-refractivity contribution in [3.63, 3.8) is 0 Å². The molecule has 0 aromatic carbocycles. The smallest absolute Gasteiger partial charge is 0.159 e. The Bertz CT molecular complexity index is 1970. The minimum Gasteiger partial charge on any atom is -0.376 e. The molecule has 25 atom stereocenters. The van der Waals surface area contributed by atoms with Crippen LogP contribution in [0, 0.1) is 112 Å². The van der Waals surface area contributed by atoms with Gasteiger partial charge in [-0.3, -0.25) is 9.80 Å². The molecular formula is C75H123BN2O. The van der Waals surface area contributed by atoms with Crippen molar-refractivity contribution in [2.24, 2.45) is 112 Å². The average molecular weight is 1080 g/mol. The molecule has 16 fully saturated rings. The molecule has 0 aromatic rings. The zero-order valence-corrected chi connectivity index (χ0v) is 52.0. The van der Waals surface area contributed by atoms with Crippen molar-refractivity contribution < 1.29 is 4.74 Å². The number of hydrogen-bond acceptors (Lipinski definition) is 3. The largest absolute Gasteiger partial charge is 0.376 e. The molecule has 3 saturated heterocycles. The lowest BCUT2D eigenvalue weighted by molar-refractivity contribution is -0.141. The number of ether oxygens (including phenoxy) is 1. The van der Waals surface area contributed by atoms with Crippen LogP contribution in [0.3, 0.4) is 0 Å². The molecule has 0 aromatic heterocycles. The minimum atomic E-state index is 0.498. The predicted molar refractivity (Wildman–Crippen MR) is 329 cm³/mol. The molecule has 0 radical (unpaired) electrons. The molecule has 16 rings (SSSR count). The molecule has 3 nitrogen and oxygen atoms in total. The summed E-state index contributed by atoms with van der Waals surface area (Å²) in [6.45, 7) is 10.2. The van der Waals surface area contributed by atoms with Gasteiger partial charge in [0.1, 0.15) is 0 Å². The molecule has 13 saturated carbocycles. The van der Waals surface area contributed by atoms with E-state index in [9.17, 15) is 0 Å². The second-order valence-corrected chi connectivity index (χ2v) is 35.5. The average Bonchev–Trinajstić information content (AvgIpc) is 3.92. The van der Waals surface area contributed by atoms with Gasteiger partial charge < -0.3 is 4.74 Å². The Morgan fingerprint density at radius 2 is 0.848 bits per heavy atom. The van der Waals surface area contributed by atoms with Crippen molar-refractivity contribution in [1.29, 1.82) is 0 Å². The van der Waals surface area contributed by atoms with E-state index in [4.69, 9.17) is 4.74 Å². The van der Waals surface area contributed by atoms with Gasteiger partial charge in [0.25, 0.3) is 0 Å². The van der Waals surface area contributed by atoms with Gasteiger partial charge in [0.2, 0.25) is 0 Å². The third-order valence-corrected chi connectivity index (χ3v) is 31.6. The fourth-order valence-electron chi connectivity index (χ4n) is 28.8. The maximum atomic E-state index is 8.23. The van der Waals surface area contributed by atoms with Crippen LogP contribution in [-0.2, 0) is 4.74 Å². The molecule has 442 valence electrons. The second-order valence-electron chi connectivity index (χ2n) is 35.5. The molecule has 0 amide bonds. The van der Waals surface area contributed by atoms with Gasteiger partial charge >= 0.3 is 0 Å². The highest BCUT2D eigenvalue weighted by Gasteiger charge is 2.67. The van der Waals surface area contributed by atoms with Gasteiger partial charge in [-0.1, -0.05) is 162 Å². The summed E-state index contributed by atoms with van der Waals surface area (Å²) in [4.78, 5) is 7.12. The Kier molecular flexibility index (Phi) is 15.5. The van der Waals surface area contributed by atoms with E-state index in [1.54, 1.807) is 154 Å². The number of nitrogens with zero attached hydrogens (tertiary/aromatic N) is 2. The molecule has 13 aliphatic carbocycles. The highest BCUT2D eigenvalue weighted by atomic mass is 16.5. The summed E-state index contributed by atoms with van der Waals surface area (Å²) in [5, 5.41) is 0. The SMILES string of the molecule is CC(C)(C)C1CC2CCC3CC([C@H]4CC[C@@H]5C(C4)B4[C@@H]6C(CC(CN7C8CCCC[C@H]8C8CCCC[C@H]87)CC6N5C5[C@@H](C6CCCCC6)CCC[C@H]5C5CCCCC5)OC5CCC(C6CCCCC6)C[C@@H]45)CC4CC[C@H](C1)C2C34. The van der Waals surface area contributed by atoms with E-state index in [1.165, 1.54) is 122 Å². The third kappa shape index (κ3) is 9.82. The van der Waals surface area contributed by atoms with Gasteiger partial charge in [0.15, 0.2) is 6.71 Å². The van der Waals surface area contributed by atoms with Crippen LogP contribution in [0.4, 0.5) is 0 Å². The topological polar surface area (TPSA) is 15.7 Å². The first-order chi connectivity index (χ1) is 38.8. The lowest BCUT2D eigenvalue weighted by Gasteiger charge is -2.68. The van der Waals surface area contributed by atoms with Crippen molar-refractivity contribution >= 4 is 6.71 Å². The Labute approximate surface area is 487 Å². The summed E-state index contributed by atoms with van der Waals surface area (Å²) in [6, 6.07) is 4.36. The Morgan fingerprint density at radius 1 is 0.354 bits per heavy atom. The second kappa shape index (κ2) is 22.6. The van der Waals surface area contributed by atoms with E-state index >= 15 is 0 Å². The van der Waals surface area contributed by atoms with Crippen LogP contribution in [0.25, 0.3) is 0 Å². The summed E-state index contributed by atoms with van der Waals surface area (Å²) in [6.07, 6.45) is 66.5. The predicted octanol–water partition coefficient (Wildman–Crippen LogP) is 19.5. The number of fused-ring (bicyclic) bond motifs is 7. The van der Waals surface area contributed by atoms with E-state index in [2.05, 4.69) is 30.6 Å². The molecule has 0 N–H and O–H groups in total. The zero-order valence-electron chi connectivity index (χ0n) is 52.0. The highest BCUT2D eigenvalue weighted by Crippen LogP contribution is 2.68. The summed E-state index contributed by atoms with van der Waals surface area (Å²) in [5.41, 5.74) is 0.498. The van der Waals surface area contributed by atoms with Gasteiger partial charge in [-0.2, -0.15) is 0 Å². The molecule has 16 unspecified atom stereocenters. The van der Waals surface area contributed by atoms with Crippen molar-refractivity contribution in [2.45, 2.75) is 350 Å². The van der Waals surface area contributed by atoms with Crippen LogP contribution in [0.1, 0.15) is 290 Å². The van der Waals surface area contributed by atoms with E-state index in [0.717, 1.165) is 161 Å². The van der Waals surface area contributed by atoms with E-state index in [0.29, 0.717) is 17.6 Å². The van der Waals surface area contributed by atoms with Crippen LogP contribution in [0.5, 0.6) is 0 Å². The Hall–Kier alpha value is -0.0551. The maximum Gasteiger partial charge on any atom is 0.159 e. The van der Waals surface area contributed by atoms with E-state index in [1.807, 2.05) is 0 Å². The van der Waals surface area contributed by atoms with Crippen molar-refractivity contribution in [3.05, 3.63) is 0 Å². The van der Waals surface area contributed by atoms with Gasteiger partial charge in [-0.15, -0.1) is 0 Å². The molecule has 4 heteroatoms. The summed E-state index contributed by atoms with van der Waals surface area (Å²) in [5.74, 6) is 21.0. The normalized spacial score (nSPS) is 52.0. The molecule has 3 aliphatic heterocycles. The lowest BCUT2D eigenvalue weighted by Crippen LogP contribution is -2.72. The van der Waals surface area contributed by atoms with Crippen LogP contribution in [0.15, 0.2) is 0 Å². The van der Waals surface area contributed by atoms with Crippen molar-refractivity contribution in [1.82, 2.24) is 9.80 Å². The van der Waals surface area contributed by atoms with E-state index in [-0.39, 0.29) is 0 Å². The number of rotatable bonds is 7. The van der Waals surface area contributed by atoms with Crippen molar-refractivity contribution in [2.75, 3.05) is 6.54 Å². The molecule has 79 heavy (non-hydrogen) atoms. The quantitative estimate of drug-likeness (QED) is 0.236. The highest BCUT2D eigenvalue weighted by molar-refractivity contribution is 6.65. The number of hydrogen-bond donors (Lipinski definition) is 0. The molecular weight excluding hydrogens is 956 g/mol. The minimum absolute atomic E-state index is 0.498. The van der Waals surface area contributed by atoms with Crippen molar-refractivity contribution in [3.8, 4) is 0 Å². The van der Waals surface area contributed by atoms with Gasteiger partial charge in [-0.25, -0.2) is 0 Å². The molecule has 16 aliphatic rings. The Balaban J connectivity index is 0.764. The first-order valence-corrected chi connectivity index (χ1v) is 38.0. The summed E-state index contributed by atoms with van der Waals surface area (Å²) < 4.78 is 8.23. The first-order valence-electron chi connectivity index (χ1n) is 38.0. The fraction of sp³-hybridized carbons (Fsp3) is 1.00. The monoisotopic (exact) mass is 1080 g/mol. The fourth-order valence-corrected chi connectivity index (χ4v) is 28.8. The lowest BCUT2D eigenvalue weighted by atomic mass is 9.19. The molecule has 3 heterocycles. The summed E-state index contributed by atoms with van der Waals surface area (Å²) >= 11 is 0. The van der Waals surface area contributed by atoms with Crippen LogP contribution >= 0.6 is 0 Å². The molecule has 0 spiro atoms. The van der Waals surface area contributed by atoms with Crippen LogP contribution < -0.4 is 0 Å². The maximum absolute atomic E-state index is 8.23.